The third kappa shape index (κ3) is 5.24. The Kier molecular flexibility index (Phi) is 6.84. The fourth-order valence-corrected chi connectivity index (χ4v) is 5.23. The normalized spacial score (nSPS) is 18.4. The first kappa shape index (κ1) is 23.2. The van der Waals surface area contributed by atoms with Crippen LogP contribution < -0.4 is 4.90 Å². The number of para-hydroxylation sites is 1. The van der Waals surface area contributed by atoms with Crippen LogP contribution in [0.5, 0.6) is 0 Å². The first-order valence-corrected chi connectivity index (χ1v) is 12.6. The van der Waals surface area contributed by atoms with Gasteiger partial charge in [-0.25, -0.2) is 0 Å². The molecule has 0 aromatic heterocycles. The summed E-state index contributed by atoms with van der Waals surface area (Å²) in [6, 6.07) is 26.3. The van der Waals surface area contributed by atoms with E-state index in [1.807, 2.05) is 59.2 Å². The summed E-state index contributed by atoms with van der Waals surface area (Å²) in [4.78, 5) is 32.6. The number of aryl methyl sites for hydroxylation is 1. The van der Waals surface area contributed by atoms with E-state index in [2.05, 4.69) is 41.3 Å². The molecule has 5 nitrogen and oxygen atoms in total. The van der Waals surface area contributed by atoms with E-state index in [9.17, 15) is 9.59 Å². The fourth-order valence-electron chi connectivity index (χ4n) is 5.23. The number of benzene rings is 3. The number of rotatable bonds is 4. The molecule has 0 bridgehead atoms. The van der Waals surface area contributed by atoms with Crippen LogP contribution in [-0.2, 0) is 0 Å². The maximum atomic E-state index is 13.3. The van der Waals surface area contributed by atoms with Crippen molar-refractivity contribution in [2.45, 2.75) is 25.7 Å². The minimum atomic E-state index is 0.0956. The van der Waals surface area contributed by atoms with Crippen molar-refractivity contribution in [1.82, 2.24) is 9.80 Å². The van der Waals surface area contributed by atoms with Crippen LogP contribution in [0.4, 0.5) is 5.69 Å². The van der Waals surface area contributed by atoms with Crippen molar-refractivity contribution in [3.63, 3.8) is 0 Å². The highest BCUT2D eigenvalue weighted by molar-refractivity contribution is 5.95. The molecule has 0 aliphatic carbocycles. The first-order valence-electron chi connectivity index (χ1n) is 12.6. The van der Waals surface area contributed by atoms with Gasteiger partial charge in [0.1, 0.15) is 0 Å². The molecule has 0 unspecified atom stereocenters. The van der Waals surface area contributed by atoms with Crippen molar-refractivity contribution in [3.8, 4) is 0 Å². The van der Waals surface area contributed by atoms with E-state index in [1.54, 1.807) is 0 Å². The zero-order valence-electron chi connectivity index (χ0n) is 20.4. The molecule has 3 aromatic rings. The molecule has 2 saturated heterocycles. The van der Waals surface area contributed by atoms with E-state index in [-0.39, 0.29) is 17.7 Å². The molecule has 5 rings (SSSR count). The molecule has 2 aliphatic rings. The van der Waals surface area contributed by atoms with Gasteiger partial charge in [0.15, 0.2) is 0 Å². The van der Waals surface area contributed by atoms with Crippen LogP contribution in [0.3, 0.4) is 0 Å². The van der Waals surface area contributed by atoms with Crippen molar-refractivity contribution in [3.05, 3.63) is 101 Å². The van der Waals surface area contributed by atoms with E-state index >= 15 is 0 Å². The Hall–Kier alpha value is -3.60. The van der Waals surface area contributed by atoms with Crippen LogP contribution in [0.15, 0.2) is 78.9 Å². The highest BCUT2D eigenvalue weighted by atomic mass is 16.2. The van der Waals surface area contributed by atoms with Gasteiger partial charge in [-0.3, -0.25) is 9.59 Å². The molecule has 0 radical (unpaired) electrons. The van der Waals surface area contributed by atoms with Crippen molar-refractivity contribution in [1.29, 1.82) is 0 Å². The van der Waals surface area contributed by atoms with Gasteiger partial charge in [0, 0.05) is 62.0 Å². The topological polar surface area (TPSA) is 43.9 Å². The lowest BCUT2D eigenvalue weighted by molar-refractivity contribution is 0.0704. The molecule has 180 valence electrons. The molecule has 2 fully saturated rings. The minimum Gasteiger partial charge on any atom is -0.368 e. The quantitative estimate of drug-likeness (QED) is 0.544. The van der Waals surface area contributed by atoms with E-state index in [0.29, 0.717) is 6.54 Å². The zero-order valence-corrected chi connectivity index (χ0v) is 20.4. The number of nitrogens with zero attached hydrogens (tertiary/aromatic N) is 3. The smallest absolute Gasteiger partial charge is 0.253 e. The Morgan fingerprint density at radius 2 is 1.43 bits per heavy atom. The largest absolute Gasteiger partial charge is 0.368 e. The summed E-state index contributed by atoms with van der Waals surface area (Å²) >= 11 is 0. The number of anilines is 1. The summed E-state index contributed by atoms with van der Waals surface area (Å²) < 4.78 is 0. The van der Waals surface area contributed by atoms with Crippen LogP contribution in [-0.4, -0.2) is 60.9 Å². The van der Waals surface area contributed by atoms with Gasteiger partial charge >= 0.3 is 0 Å². The van der Waals surface area contributed by atoms with Gasteiger partial charge in [-0.15, -0.1) is 0 Å². The highest BCUT2D eigenvalue weighted by Crippen LogP contribution is 2.29. The minimum absolute atomic E-state index is 0.0956. The summed E-state index contributed by atoms with van der Waals surface area (Å²) in [7, 11) is 0. The monoisotopic (exact) mass is 467 g/mol. The maximum Gasteiger partial charge on any atom is 0.253 e. The molecule has 3 aromatic carbocycles. The van der Waals surface area contributed by atoms with Crippen LogP contribution in [0.25, 0.3) is 0 Å². The van der Waals surface area contributed by atoms with E-state index in [1.165, 1.54) is 5.69 Å². The number of amides is 2. The molecular formula is C30H33N3O2. The molecule has 35 heavy (non-hydrogen) atoms. The van der Waals surface area contributed by atoms with Gasteiger partial charge < -0.3 is 14.7 Å². The standard InChI is InChI=1S/C30H33N3O2/c1-23-12-14-24(15-13-23)29(34)33-16-6-9-27(22-33)25-7-5-8-26(21-25)30(35)32-19-17-31(18-20-32)28-10-3-2-4-11-28/h2-5,7-8,10-15,21,27H,6,9,16-20,22H2,1H3/t27-/m1/s1. The average Bonchev–Trinajstić information content (AvgIpc) is 2.93. The van der Waals surface area contributed by atoms with Gasteiger partial charge in [-0.05, 0) is 61.7 Å². The second-order valence-electron chi connectivity index (χ2n) is 9.70. The lowest BCUT2D eigenvalue weighted by atomic mass is 9.89. The van der Waals surface area contributed by atoms with Crippen LogP contribution in [0.1, 0.15) is 50.6 Å². The van der Waals surface area contributed by atoms with Gasteiger partial charge in [-0.1, -0.05) is 48.0 Å². The Balaban J connectivity index is 1.23. The number of likely N-dealkylation sites (tertiary alicyclic amines) is 1. The second-order valence-corrected chi connectivity index (χ2v) is 9.70. The van der Waals surface area contributed by atoms with Crippen LogP contribution >= 0.6 is 0 Å². The number of carbonyl (C=O) groups excluding carboxylic acids is 2. The third-order valence-electron chi connectivity index (χ3n) is 7.30. The zero-order chi connectivity index (χ0) is 24.2. The number of carbonyl (C=O) groups is 2. The molecule has 2 amide bonds. The Morgan fingerprint density at radius 3 is 2.17 bits per heavy atom. The molecule has 5 heteroatoms. The van der Waals surface area contributed by atoms with Crippen molar-refractivity contribution in [2.24, 2.45) is 0 Å². The molecule has 0 N–H and O–H groups in total. The van der Waals surface area contributed by atoms with Gasteiger partial charge in [0.05, 0.1) is 0 Å². The molecule has 2 heterocycles. The lowest BCUT2D eigenvalue weighted by Crippen LogP contribution is -2.48. The maximum absolute atomic E-state index is 13.3. The van der Waals surface area contributed by atoms with Crippen molar-refractivity contribution in [2.75, 3.05) is 44.2 Å². The molecular weight excluding hydrogens is 434 g/mol. The Labute approximate surface area is 208 Å². The summed E-state index contributed by atoms with van der Waals surface area (Å²) in [6.45, 7) is 6.64. The summed E-state index contributed by atoms with van der Waals surface area (Å²) in [5.41, 5.74) is 5.01. The van der Waals surface area contributed by atoms with E-state index < -0.39 is 0 Å². The summed E-state index contributed by atoms with van der Waals surface area (Å²) in [5, 5.41) is 0. The second kappa shape index (κ2) is 10.3. The van der Waals surface area contributed by atoms with Gasteiger partial charge in [-0.2, -0.15) is 0 Å². The molecule has 0 spiro atoms. The number of piperidine rings is 1. The first-order chi connectivity index (χ1) is 17.1. The van der Waals surface area contributed by atoms with Crippen molar-refractivity contribution < 1.29 is 9.59 Å². The van der Waals surface area contributed by atoms with Crippen LogP contribution in [0.2, 0.25) is 0 Å². The Bertz CT molecular complexity index is 1170. The molecule has 1 atom stereocenters. The highest BCUT2D eigenvalue weighted by Gasteiger charge is 2.27. The van der Waals surface area contributed by atoms with Gasteiger partial charge in [0.2, 0.25) is 0 Å². The summed E-state index contributed by atoms with van der Waals surface area (Å²) in [5.74, 6) is 0.446. The molecule has 2 aliphatic heterocycles. The van der Waals surface area contributed by atoms with Crippen molar-refractivity contribution >= 4 is 17.5 Å². The SMILES string of the molecule is Cc1ccc(C(=O)N2CCC[C@@H](c3cccc(C(=O)N4CCN(c5ccccc5)CC4)c3)C2)cc1. The predicted molar refractivity (Wildman–Crippen MR) is 140 cm³/mol. The fraction of sp³-hybridized carbons (Fsp3) is 0.333. The Morgan fingerprint density at radius 1 is 0.714 bits per heavy atom. The van der Waals surface area contributed by atoms with Gasteiger partial charge in [0.25, 0.3) is 11.8 Å². The third-order valence-corrected chi connectivity index (χ3v) is 7.30. The van der Waals surface area contributed by atoms with E-state index in [0.717, 1.165) is 67.8 Å². The number of hydrogen-bond donors (Lipinski definition) is 0. The number of piperazine rings is 1. The van der Waals surface area contributed by atoms with E-state index in [4.69, 9.17) is 0 Å². The predicted octanol–water partition coefficient (Wildman–Crippen LogP) is 4.98. The summed E-state index contributed by atoms with van der Waals surface area (Å²) in [6.07, 6.45) is 2.01. The average molecular weight is 468 g/mol. The molecule has 0 saturated carbocycles. The lowest BCUT2D eigenvalue weighted by Gasteiger charge is -2.36. The number of hydrogen-bond acceptors (Lipinski definition) is 3. The van der Waals surface area contributed by atoms with Crippen LogP contribution in [0, 0.1) is 6.92 Å².